The van der Waals surface area contributed by atoms with Crippen LogP contribution < -0.4 is 15.9 Å². The maximum absolute atomic E-state index is 12.8. The second-order valence-electron chi connectivity index (χ2n) is 14.0. The number of phenols is 1. The molecular formula is C38H39IN6O4. The number of fused-ring (bicyclic) bond motifs is 4. The molecule has 252 valence electrons. The first-order valence-electron chi connectivity index (χ1n) is 16.3. The fraction of sp³-hybridized carbons (Fsp3) is 0.316. The lowest BCUT2D eigenvalue weighted by molar-refractivity contribution is 0.240. The molecular weight excluding hydrogens is 731 g/mol. The molecule has 2 aliphatic heterocycles. The molecule has 0 saturated heterocycles. The highest BCUT2D eigenvalue weighted by atomic mass is 127. The summed E-state index contributed by atoms with van der Waals surface area (Å²) >= 11 is 2.17. The molecule has 0 atom stereocenters. The van der Waals surface area contributed by atoms with Crippen molar-refractivity contribution in [3.05, 3.63) is 121 Å². The number of aromatic hydroxyl groups is 1. The molecule has 0 fully saturated rings. The third-order valence-corrected chi connectivity index (χ3v) is 9.37. The van der Waals surface area contributed by atoms with E-state index in [9.17, 15) is 14.7 Å². The predicted molar refractivity (Wildman–Crippen MR) is 199 cm³/mol. The van der Waals surface area contributed by atoms with Crippen LogP contribution in [0.15, 0.2) is 94.8 Å². The number of halogens is 1. The molecule has 0 spiro atoms. The summed E-state index contributed by atoms with van der Waals surface area (Å²) in [5.41, 5.74) is 1.58. The van der Waals surface area contributed by atoms with Gasteiger partial charge in [-0.1, -0.05) is 39.8 Å². The van der Waals surface area contributed by atoms with Crippen LogP contribution in [0.5, 0.6) is 17.4 Å². The van der Waals surface area contributed by atoms with Gasteiger partial charge in [0.1, 0.15) is 26.8 Å². The van der Waals surface area contributed by atoms with E-state index < -0.39 is 0 Å². The van der Waals surface area contributed by atoms with Crippen LogP contribution in [-0.4, -0.2) is 34.2 Å². The van der Waals surface area contributed by atoms with E-state index in [1.165, 1.54) is 6.07 Å². The summed E-state index contributed by atoms with van der Waals surface area (Å²) in [6.45, 7) is 10.2. The number of rotatable bonds is 2. The van der Waals surface area contributed by atoms with Gasteiger partial charge in [-0.05, 0) is 88.7 Å². The van der Waals surface area contributed by atoms with Crippen LogP contribution in [-0.2, 0) is 25.9 Å². The van der Waals surface area contributed by atoms with Gasteiger partial charge in [-0.3, -0.25) is 23.7 Å². The topological polar surface area (TPSA) is 125 Å². The number of hydrogen-bond acceptors (Lipinski definition) is 8. The Morgan fingerprint density at radius 2 is 1.27 bits per heavy atom. The van der Waals surface area contributed by atoms with Gasteiger partial charge in [-0.2, -0.15) is 0 Å². The van der Waals surface area contributed by atoms with Gasteiger partial charge < -0.3 is 9.84 Å². The van der Waals surface area contributed by atoms with Gasteiger partial charge in [0.05, 0.1) is 21.8 Å². The molecule has 6 aromatic rings. The fourth-order valence-corrected chi connectivity index (χ4v) is 6.43. The van der Waals surface area contributed by atoms with Crippen LogP contribution in [0.2, 0.25) is 0 Å². The summed E-state index contributed by atoms with van der Waals surface area (Å²) < 4.78 is 10.4. The average molecular weight is 771 g/mol. The van der Waals surface area contributed by atoms with Gasteiger partial charge in [0.2, 0.25) is 5.88 Å². The van der Waals surface area contributed by atoms with Crippen molar-refractivity contribution in [2.75, 3.05) is 0 Å². The Balaban J connectivity index is 0.000000146. The number of phenolic OH excluding ortho intramolecular Hbond substituents is 1. The van der Waals surface area contributed by atoms with Gasteiger partial charge in [0.25, 0.3) is 11.1 Å². The van der Waals surface area contributed by atoms with Gasteiger partial charge in [0.15, 0.2) is 0 Å². The number of hydrogen-bond donors (Lipinski definition) is 1. The van der Waals surface area contributed by atoms with Crippen molar-refractivity contribution in [2.45, 2.75) is 66.5 Å². The minimum Gasteiger partial charge on any atom is -0.508 e. The van der Waals surface area contributed by atoms with E-state index in [1.54, 1.807) is 47.3 Å². The molecule has 8 rings (SSSR count). The summed E-state index contributed by atoms with van der Waals surface area (Å²) in [6.07, 6.45) is 7.16. The van der Waals surface area contributed by atoms with Crippen molar-refractivity contribution in [1.82, 2.24) is 29.1 Å². The zero-order chi connectivity index (χ0) is 34.8. The average Bonchev–Trinajstić information content (AvgIpc) is 3.07. The van der Waals surface area contributed by atoms with Crippen LogP contribution >= 0.6 is 22.6 Å². The van der Waals surface area contributed by atoms with Crippen molar-refractivity contribution in [3.63, 3.8) is 0 Å². The molecule has 0 unspecified atom stereocenters. The first kappa shape index (κ1) is 34.2. The highest BCUT2D eigenvalue weighted by Gasteiger charge is 2.28. The van der Waals surface area contributed by atoms with Gasteiger partial charge in [-0.25, -0.2) is 15.0 Å². The van der Waals surface area contributed by atoms with Crippen LogP contribution in [0.1, 0.15) is 52.2 Å². The first-order chi connectivity index (χ1) is 23.4. The van der Waals surface area contributed by atoms with Crippen molar-refractivity contribution in [3.8, 4) is 17.4 Å². The lowest BCUT2D eigenvalue weighted by Crippen LogP contribution is -2.36. The van der Waals surface area contributed by atoms with Crippen molar-refractivity contribution in [1.29, 1.82) is 0 Å². The Morgan fingerprint density at radius 1 is 0.714 bits per heavy atom. The minimum absolute atomic E-state index is 0.00257. The van der Waals surface area contributed by atoms with E-state index in [0.29, 0.717) is 40.0 Å². The predicted octanol–water partition coefficient (Wildman–Crippen LogP) is 7.32. The fourth-order valence-electron chi connectivity index (χ4n) is 6.06. The molecule has 11 heteroatoms. The maximum Gasteiger partial charge on any atom is 0.261 e. The summed E-state index contributed by atoms with van der Waals surface area (Å²) in [6, 6.07) is 21.5. The molecule has 6 heterocycles. The highest BCUT2D eigenvalue weighted by molar-refractivity contribution is 14.1. The van der Waals surface area contributed by atoms with Crippen molar-refractivity contribution >= 4 is 44.4 Å². The summed E-state index contributed by atoms with van der Waals surface area (Å²) in [5.74, 6) is 3.00. The normalized spacial score (nSPS) is 15.5. The Labute approximate surface area is 298 Å². The van der Waals surface area contributed by atoms with Crippen LogP contribution in [0.25, 0.3) is 21.8 Å². The molecule has 2 aliphatic rings. The van der Waals surface area contributed by atoms with E-state index in [1.807, 2.05) is 41.0 Å². The number of ether oxygens (including phenoxy) is 1. The largest absolute Gasteiger partial charge is 0.508 e. The third kappa shape index (κ3) is 8.15. The van der Waals surface area contributed by atoms with Crippen molar-refractivity contribution in [2.24, 2.45) is 10.8 Å². The van der Waals surface area contributed by atoms with Crippen LogP contribution in [0.3, 0.4) is 0 Å². The Hall–Kier alpha value is -4.65. The lowest BCUT2D eigenvalue weighted by Gasteiger charge is -2.31. The van der Waals surface area contributed by atoms with Crippen molar-refractivity contribution < 1.29 is 9.84 Å². The molecule has 1 N–H and O–H groups in total. The minimum atomic E-state index is 0.00257. The van der Waals surface area contributed by atoms with Gasteiger partial charge in [-0.15, -0.1) is 0 Å². The number of pyridine rings is 2. The Bertz CT molecular complexity index is 2230. The molecule has 0 bridgehead atoms. The Morgan fingerprint density at radius 3 is 1.78 bits per heavy atom. The van der Waals surface area contributed by atoms with E-state index >= 15 is 0 Å². The zero-order valence-electron chi connectivity index (χ0n) is 28.1. The number of aromatic nitrogens is 6. The number of benzene rings is 2. The van der Waals surface area contributed by atoms with Crippen LogP contribution in [0.4, 0.5) is 0 Å². The smallest absolute Gasteiger partial charge is 0.261 e. The molecule has 2 aromatic carbocycles. The van der Waals surface area contributed by atoms with E-state index in [2.05, 4.69) is 65.2 Å². The van der Waals surface area contributed by atoms with E-state index in [0.717, 1.165) is 47.6 Å². The summed E-state index contributed by atoms with van der Waals surface area (Å²) in [7, 11) is 0. The van der Waals surface area contributed by atoms with E-state index in [-0.39, 0.29) is 27.7 Å². The molecule has 0 aliphatic carbocycles. The van der Waals surface area contributed by atoms with Gasteiger partial charge >= 0.3 is 0 Å². The summed E-state index contributed by atoms with van der Waals surface area (Å²) in [4.78, 5) is 42.5. The molecule has 10 nitrogen and oxygen atoms in total. The summed E-state index contributed by atoms with van der Waals surface area (Å²) in [5, 5.41) is 10.7. The van der Waals surface area contributed by atoms with E-state index in [4.69, 9.17) is 9.72 Å². The van der Waals surface area contributed by atoms with Crippen LogP contribution in [0, 0.1) is 14.5 Å². The van der Waals surface area contributed by atoms with Gasteiger partial charge in [0, 0.05) is 56.5 Å². The Kier molecular flexibility index (Phi) is 9.82. The standard InChI is InChI=1S/C19H19N3O2.C14H16N2O2.C5H4IN/c1-19(2)9-8-16-21-15-11-13(24-17-5-3-4-10-20-17)6-7-14(15)18(23)22(16)12-19;1-14(2)6-5-12-15-11-7-9(17)3-4-10(11)13(18)16(12)8-14;6-5-3-1-2-4-7-5/h3-7,10-11H,8-9,12H2,1-2H3;3-4,7,17H,5-6,8H2,1-2H3;1-4H. The highest BCUT2D eigenvalue weighted by Crippen LogP contribution is 2.31. The second-order valence-corrected chi connectivity index (χ2v) is 15.1. The first-order valence-corrected chi connectivity index (χ1v) is 17.4. The lowest BCUT2D eigenvalue weighted by atomic mass is 9.85. The SMILES string of the molecule is CC1(C)CCc2nc3cc(O)ccc3c(=O)n2C1.CC1(C)CCc2nc3cc(Oc4ccccn4)ccc3c(=O)n2C1.Ic1ccccn1. The molecule has 49 heavy (non-hydrogen) atoms. The molecule has 4 aromatic heterocycles. The monoisotopic (exact) mass is 770 g/mol. The zero-order valence-corrected chi connectivity index (χ0v) is 30.2. The molecule has 0 saturated carbocycles. The quantitative estimate of drug-likeness (QED) is 0.144. The number of nitrogens with zero attached hydrogens (tertiary/aromatic N) is 6. The molecule has 0 amide bonds. The number of aryl methyl sites for hydroxylation is 2. The molecule has 0 radical (unpaired) electrons. The third-order valence-electron chi connectivity index (χ3n) is 8.74. The second kappa shape index (κ2) is 14.1. The maximum atomic E-state index is 12.8.